The molecule has 17 heteroatoms. The van der Waals surface area contributed by atoms with E-state index in [1.54, 1.807) is 32.0 Å². The summed E-state index contributed by atoms with van der Waals surface area (Å²) in [6.45, 7) is 9.24. The minimum absolute atomic E-state index is 0.0476. The number of hydrogen-bond acceptors (Lipinski definition) is 14. The molecular weight excluding hydrogens is 730 g/mol. The van der Waals surface area contributed by atoms with Crippen molar-refractivity contribution in [1.29, 1.82) is 5.41 Å². The van der Waals surface area contributed by atoms with Crippen LogP contribution in [-0.2, 0) is 35.1 Å². The Labute approximate surface area is 323 Å². The molecule has 1 aliphatic carbocycles. The van der Waals surface area contributed by atoms with E-state index < -0.39 is 42.5 Å². The molecule has 17 nitrogen and oxygen atoms in total. The number of carbonyl (C=O) groups excluding carboxylic acids is 4. The van der Waals surface area contributed by atoms with Crippen molar-refractivity contribution in [3.8, 4) is 16.9 Å². The molecule has 0 radical (unpaired) electrons. The molecule has 1 fully saturated rings. The van der Waals surface area contributed by atoms with Crippen LogP contribution in [0.15, 0.2) is 55.1 Å². The van der Waals surface area contributed by atoms with Gasteiger partial charge in [0.15, 0.2) is 5.69 Å². The number of aromatic nitrogens is 1. The van der Waals surface area contributed by atoms with Gasteiger partial charge in [0, 0.05) is 47.0 Å². The maximum atomic E-state index is 14.0. The third-order valence-corrected chi connectivity index (χ3v) is 7.93. The van der Waals surface area contributed by atoms with Crippen molar-refractivity contribution >= 4 is 47.7 Å². The van der Waals surface area contributed by atoms with Crippen LogP contribution in [0.3, 0.4) is 0 Å². The lowest BCUT2D eigenvalue weighted by Crippen LogP contribution is -2.31. The first kappa shape index (κ1) is 42.4. The molecule has 1 atom stereocenters. The predicted octanol–water partition coefficient (Wildman–Crippen LogP) is 5.72. The number of rotatable bonds is 19. The van der Waals surface area contributed by atoms with Crippen molar-refractivity contribution in [3.05, 3.63) is 83.2 Å². The van der Waals surface area contributed by atoms with Crippen molar-refractivity contribution in [2.75, 3.05) is 32.3 Å². The minimum Gasteiger partial charge on any atom is -0.496 e. The van der Waals surface area contributed by atoms with Crippen LogP contribution < -0.4 is 20.7 Å². The normalized spacial score (nSPS) is 12.5. The molecular formula is C39H45N5O12. The summed E-state index contributed by atoms with van der Waals surface area (Å²) in [5.74, 6) is -2.03. The van der Waals surface area contributed by atoms with E-state index in [4.69, 9.17) is 38.9 Å². The summed E-state index contributed by atoms with van der Waals surface area (Å²) in [7, 11) is 1.44. The van der Waals surface area contributed by atoms with Gasteiger partial charge >= 0.3 is 24.2 Å². The highest BCUT2D eigenvalue weighted by Crippen LogP contribution is 2.35. The van der Waals surface area contributed by atoms with Crippen molar-refractivity contribution in [1.82, 2.24) is 15.6 Å². The topological polar surface area (TPSA) is 234 Å². The summed E-state index contributed by atoms with van der Waals surface area (Å²) in [4.78, 5) is 67.0. The second-order valence-corrected chi connectivity index (χ2v) is 12.8. The number of aliphatic carboxylic acids is 1. The summed E-state index contributed by atoms with van der Waals surface area (Å²) in [6.07, 6.45) is -0.367. The zero-order chi connectivity index (χ0) is 40.8. The zero-order valence-corrected chi connectivity index (χ0v) is 31.5. The number of carboxylic acid groups (broad SMARTS) is 1. The van der Waals surface area contributed by atoms with Gasteiger partial charge < -0.3 is 38.8 Å². The van der Waals surface area contributed by atoms with Gasteiger partial charge in [-0.2, -0.15) is 0 Å². The molecule has 0 spiro atoms. The Kier molecular flexibility index (Phi) is 15.4. The van der Waals surface area contributed by atoms with E-state index in [2.05, 4.69) is 27.5 Å². The average molecular weight is 776 g/mol. The number of pyridine rings is 1. The van der Waals surface area contributed by atoms with Crippen LogP contribution in [0.1, 0.15) is 77.7 Å². The standard InChI is InChI=1S/C39H45N5O12/c1-6-25-17-31(36(47)43-27-11-9-26(10-12-27)35(40)44-38(49)53-16-15-33(45)46)30(18-32(25)51-5)29-14-13-28(20-52-21-41-19-24-7-8-24)42-34(29)37(48)55-23(4)56-39(50)54-22(2)3/h6,9-14,17-18,22-24,41H,1,7-8,15-16,19-21H2,2-5H3,(H,43,47)(H,45,46)(H2,40,44,49). The molecule has 1 aromatic heterocycles. The van der Waals surface area contributed by atoms with E-state index in [9.17, 15) is 24.0 Å². The van der Waals surface area contributed by atoms with Crippen molar-refractivity contribution < 1.29 is 57.5 Å². The van der Waals surface area contributed by atoms with E-state index in [-0.39, 0.29) is 60.1 Å². The van der Waals surface area contributed by atoms with E-state index in [1.807, 2.05) is 0 Å². The predicted molar refractivity (Wildman–Crippen MR) is 202 cm³/mol. The van der Waals surface area contributed by atoms with Crippen LogP contribution in [0, 0.1) is 11.3 Å². The zero-order valence-electron chi connectivity index (χ0n) is 31.5. The van der Waals surface area contributed by atoms with Crippen LogP contribution in [0.4, 0.5) is 15.3 Å². The van der Waals surface area contributed by atoms with Gasteiger partial charge in [0.05, 0.1) is 38.7 Å². The first-order chi connectivity index (χ1) is 26.8. The minimum atomic E-state index is -1.36. The Hall–Kier alpha value is -6.33. The van der Waals surface area contributed by atoms with Gasteiger partial charge in [0.2, 0.25) is 6.29 Å². The summed E-state index contributed by atoms with van der Waals surface area (Å²) in [5.41, 5.74) is 1.75. The lowest BCUT2D eigenvalue weighted by molar-refractivity contribution is -0.137. The number of benzene rings is 2. The van der Waals surface area contributed by atoms with Crippen molar-refractivity contribution in [2.24, 2.45) is 5.92 Å². The SMILES string of the molecule is C=Cc1cc(C(=O)Nc2ccc(C(=N)NC(=O)OCCC(=O)O)cc2)c(-c2ccc(COCNCC3CC3)nc2C(=O)OC(C)OC(=O)OC(C)C)cc1OC. The molecule has 5 N–H and O–H groups in total. The molecule has 0 saturated heterocycles. The van der Waals surface area contributed by atoms with Crippen LogP contribution in [-0.4, -0.2) is 85.4 Å². The number of amidine groups is 1. The van der Waals surface area contributed by atoms with Crippen LogP contribution in [0.25, 0.3) is 17.2 Å². The van der Waals surface area contributed by atoms with E-state index >= 15 is 0 Å². The first-order valence-electron chi connectivity index (χ1n) is 17.6. The molecule has 3 aromatic rings. The van der Waals surface area contributed by atoms with Gasteiger partial charge in [-0.15, -0.1) is 0 Å². The Morgan fingerprint density at radius 1 is 1.00 bits per heavy atom. The van der Waals surface area contributed by atoms with Crippen LogP contribution >= 0.6 is 0 Å². The van der Waals surface area contributed by atoms with Crippen LogP contribution in [0.2, 0.25) is 0 Å². The number of methoxy groups -OCH3 is 1. The van der Waals surface area contributed by atoms with Gasteiger partial charge in [0.1, 0.15) is 18.2 Å². The van der Waals surface area contributed by atoms with Gasteiger partial charge in [-0.25, -0.2) is 19.4 Å². The Morgan fingerprint density at radius 2 is 1.73 bits per heavy atom. The number of ether oxygens (including phenoxy) is 6. The van der Waals surface area contributed by atoms with Gasteiger partial charge in [-0.3, -0.25) is 25.6 Å². The average Bonchev–Trinajstić information content (AvgIpc) is 3.98. The number of carbonyl (C=O) groups is 5. The molecule has 2 aromatic carbocycles. The first-order valence-corrected chi connectivity index (χ1v) is 17.6. The summed E-state index contributed by atoms with van der Waals surface area (Å²) in [5, 5.41) is 25.1. The molecule has 1 unspecified atom stereocenters. The fourth-order valence-electron chi connectivity index (χ4n) is 5.06. The lowest BCUT2D eigenvalue weighted by atomic mass is 9.94. The van der Waals surface area contributed by atoms with E-state index in [1.165, 1.54) is 63.3 Å². The fourth-order valence-corrected chi connectivity index (χ4v) is 5.06. The van der Waals surface area contributed by atoms with Gasteiger partial charge in [0.25, 0.3) is 5.91 Å². The number of hydrogen-bond donors (Lipinski definition) is 5. The molecule has 2 amide bonds. The van der Waals surface area contributed by atoms with E-state index in [0.29, 0.717) is 28.6 Å². The molecule has 1 heterocycles. The third-order valence-electron chi connectivity index (χ3n) is 7.93. The quantitative estimate of drug-likeness (QED) is 0.0245. The van der Waals surface area contributed by atoms with Crippen molar-refractivity contribution in [3.63, 3.8) is 0 Å². The molecule has 1 saturated carbocycles. The van der Waals surface area contributed by atoms with Crippen molar-refractivity contribution in [2.45, 2.75) is 59.0 Å². The number of carboxylic acids is 1. The highest BCUT2D eigenvalue weighted by molar-refractivity contribution is 6.11. The number of amides is 2. The number of nitrogens with zero attached hydrogens (tertiary/aromatic N) is 1. The highest BCUT2D eigenvalue weighted by atomic mass is 16.8. The number of esters is 1. The molecule has 0 bridgehead atoms. The fraction of sp³-hybridized carbons (Fsp3) is 0.359. The van der Waals surface area contributed by atoms with Gasteiger partial charge in [-0.05, 0) is 75.1 Å². The molecule has 0 aliphatic heterocycles. The maximum Gasteiger partial charge on any atom is 0.511 e. The largest absolute Gasteiger partial charge is 0.511 e. The Bertz CT molecular complexity index is 1930. The smallest absolute Gasteiger partial charge is 0.496 e. The number of alkyl carbamates (subject to hydrolysis) is 1. The maximum absolute atomic E-state index is 14.0. The molecule has 1 aliphatic rings. The summed E-state index contributed by atoms with van der Waals surface area (Å²) in [6, 6.07) is 12.3. The highest BCUT2D eigenvalue weighted by Gasteiger charge is 2.26. The molecule has 298 valence electrons. The number of nitrogens with one attached hydrogen (secondary N) is 4. The lowest BCUT2D eigenvalue weighted by Gasteiger charge is -2.19. The second kappa shape index (κ2) is 20.4. The Balaban J connectivity index is 1.62. The third kappa shape index (κ3) is 12.9. The monoisotopic (exact) mass is 775 g/mol. The van der Waals surface area contributed by atoms with Crippen LogP contribution in [0.5, 0.6) is 5.75 Å². The Morgan fingerprint density at radius 3 is 2.38 bits per heavy atom. The number of anilines is 1. The second-order valence-electron chi connectivity index (χ2n) is 12.8. The molecule has 4 rings (SSSR count). The molecule has 56 heavy (non-hydrogen) atoms. The summed E-state index contributed by atoms with van der Waals surface area (Å²) < 4.78 is 31.6. The van der Waals surface area contributed by atoms with Gasteiger partial charge in [-0.1, -0.05) is 18.7 Å². The van der Waals surface area contributed by atoms with E-state index in [0.717, 1.165) is 6.54 Å². The summed E-state index contributed by atoms with van der Waals surface area (Å²) >= 11 is 0.